The van der Waals surface area contributed by atoms with Gasteiger partial charge in [0.2, 0.25) is 0 Å². The summed E-state index contributed by atoms with van der Waals surface area (Å²) < 4.78 is 6.30. The molecule has 1 aliphatic carbocycles. The molecule has 0 atom stereocenters. The summed E-state index contributed by atoms with van der Waals surface area (Å²) in [5.41, 5.74) is 2.46. The van der Waals surface area contributed by atoms with Crippen LogP contribution >= 0.6 is 27.3 Å². The summed E-state index contributed by atoms with van der Waals surface area (Å²) in [4.78, 5) is 14.3. The fourth-order valence-electron chi connectivity index (χ4n) is 2.43. The van der Waals surface area contributed by atoms with E-state index in [1.54, 1.807) is 11.3 Å². The van der Waals surface area contributed by atoms with E-state index in [4.69, 9.17) is 4.74 Å². The van der Waals surface area contributed by atoms with E-state index in [9.17, 15) is 4.79 Å². The molecule has 2 nitrogen and oxygen atoms in total. The van der Waals surface area contributed by atoms with E-state index in [2.05, 4.69) is 15.9 Å². The molecule has 4 heteroatoms. The second kappa shape index (κ2) is 5.70. The molecule has 1 aliphatic rings. The Bertz CT molecular complexity index is 637. The molecule has 20 heavy (non-hydrogen) atoms. The molecule has 0 fully saturated rings. The maximum Gasteiger partial charge on any atom is 0.353 e. The Kier molecular flexibility index (Phi) is 3.94. The van der Waals surface area contributed by atoms with Crippen LogP contribution in [0.4, 0.5) is 0 Å². The molecule has 0 amide bonds. The van der Waals surface area contributed by atoms with Crippen molar-refractivity contribution in [2.75, 3.05) is 0 Å². The Morgan fingerprint density at radius 2 is 2.05 bits per heavy atom. The Labute approximate surface area is 130 Å². The van der Waals surface area contributed by atoms with Gasteiger partial charge in [0.25, 0.3) is 0 Å². The lowest BCUT2D eigenvalue weighted by atomic mass is 9.99. The summed E-state index contributed by atoms with van der Waals surface area (Å²) in [6.45, 7) is 2.00. The smallest absolute Gasteiger partial charge is 0.353 e. The number of benzene rings is 1. The maximum absolute atomic E-state index is 12.2. The molecule has 0 aliphatic heterocycles. The van der Waals surface area contributed by atoms with Crippen LogP contribution in [0.2, 0.25) is 0 Å². The fraction of sp³-hybridized carbons (Fsp3) is 0.312. The van der Waals surface area contributed by atoms with Crippen LogP contribution in [0.3, 0.4) is 0 Å². The Morgan fingerprint density at radius 1 is 1.25 bits per heavy atom. The van der Waals surface area contributed by atoms with Crippen molar-refractivity contribution in [3.63, 3.8) is 0 Å². The van der Waals surface area contributed by atoms with Crippen LogP contribution in [-0.4, -0.2) is 5.97 Å². The number of esters is 1. The quantitative estimate of drug-likeness (QED) is 0.567. The van der Waals surface area contributed by atoms with Crippen molar-refractivity contribution in [3.8, 4) is 5.75 Å². The summed E-state index contributed by atoms with van der Waals surface area (Å²) in [5, 5.41) is 0. The van der Waals surface area contributed by atoms with Crippen molar-refractivity contribution in [1.29, 1.82) is 0 Å². The first kappa shape index (κ1) is 13.8. The molecule has 0 saturated carbocycles. The number of thiophene rings is 1. The minimum Gasteiger partial charge on any atom is -0.421 e. The minimum atomic E-state index is -0.256. The van der Waals surface area contributed by atoms with Gasteiger partial charge in [-0.05, 0) is 77.9 Å². The van der Waals surface area contributed by atoms with E-state index >= 15 is 0 Å². The zero-order valence-electron chi connectivity index (χ0n) is 11.2. The van der Waals surface area contributed by atoms with Gasteiger partial charge in [-0.25, -0.2) is 4.79 Å². The highest BCUT2D eigenvalue weighted by molar-refractivity contribution is 9.10. The molecular weight excluding hydrogens is 336 g/mol. The van der Waals surface area contributed by atoms with Crippen molar-refractivity contribution in [2.24, 2.45) is 0 Å². The number of fused-ring (bicyclic) bond motifs is 1. The highest BCUT2D eigenvalue weighted by atomic mass is 79.9. The topological polar surface area (TPSA) is 26.3 Å². The monoisotopic (exact) mass is 350 g/mol. The summed E-state index contributed by atoms with van der Waals surface area (Å²) in [6.07, 6.45) is 4.64. The van der Waals surface area contributed by atoms with Crippen molar-refractivity contribution in [3.05, 3.63) is 49.6 Å². The lowest BCUT2D eigenvalue weighted by Gasteiger charge is -2.08. The third-order valence-electron chi connectivity index (χ3n) is 3.49. The van der Waals surface area contributed by atoms with E-state index in [-0.39, 0.29) is 5.97 Å². The highest BCUT2D eigenvalue weighted by Gasteiger charge is 2.19. The molecule has 104 valence electrons. The van der Waals surface area contributed by atoms with Crippen LogP contribution < -0.4 is 4.74 Å². The number of halogens is 1. The molecule has 0 bridgehead atoms. The third-order valence-corrected chi connectivity index (χ3v) is 5.32. The van der Waals surface area contributed by atoms with E-state index in [1.807, 2.05) is 31.2 Å². The summed E-state index contributed by atoms with van der Waals surface area (Å²) in [6, 6.07) is 7.71. The number of ether oxygens (including phenoxy) is 1. The molecule has 1 heterocycles. The number of rotatable bonds is 2. The van der Waals surface area contributed by atoms with Crippen molar-refractivity contribution in [1.82, 2.24) is 0 Å². The Balaban J connectivity index is 1.80. The average molecular weight is 351 g/mol. The van der Waals surface area contributed by atoms with Crippen molar-refractivity contribution < 1.29 is 9.53 Å². The van der Waals surface area contributed by atoms with Crippen LogP contribution in [-0.2, 0) is 12.8 Å². The van der Waals surface area contributed by atoms with Crippen LogP contribution in [0, 0.1) is 6.92 Å². The van der Waals surface area contributed by atoms with Gasteiger partial charge in [0.15, 0.2) is 0 Å². The SMILES string of the molecule is Cc1ccc(OC(=O)c2cc3c(s2)CCCC3)c(Br)c1. The average Bonchev–Trinajstić information content (AvgIpc) is 2.86. The molecule has 2 aromatic rings. The first-order chi connectivity index (χ1) is 9.63. The molecule has 3 rings (SSSR count). The maximum atomic E-state index is 12.2. The van der Waals surface area contributed by atoms with E-state index in [1.165, 1.54) is 23.3 Å². The number of hydrogen-bond acceptors (Lipinski definition) is 3. The number of carbonyl (C=O) groups is 1. The molecule has 0 spiro atoms. The molecule has 1 aromatic carbocycles. The van der Waals surface area contributed by atoms with Crippen molar-refractivity contribution in [2.45, 2.75) is 32.6 Å². The van der Waals surface area contributed by atoms with Crippen molar-refractivity contribution >= 4 is 33.2 Å². The zero-order chi connectivity index (χ0) is 14.1. The standard InChI is InChI=1S/C16H15BrO2S/c1-10-6-7-13(12(17)8-10)19-16(18)15-9-11-4-2-3-5-14(11)20-15/h6-9H,2-5H2,1H3. The Hall–Kier alpha value is -1.13. The van der Waals surface area contributed by atoms with Crippen LogP contribution in [0.1, 0.15) is 38.5 Å². The summed E-state index contributed by atoms with van der Waals surface area (Å²) >= 11 is 5.01. The van der Waals surface area contributed by atoms with Gasteiger partial charge in [0.05, 0.1) is 4.47 Å². The second-order valence-corrected chi connectivity index (χ2v) is 7.08. The molecule has 0 radical (unpaired) electrons. The first-order valence-corrected chi connectivity index (χ1v) is 8.34. The zero-order valence-corrected chi connectivity index (χ0v) is 13.6. The second-order valence-electron chi connectivity index (χ2n) is 5.09. The summed E-state index contributed by atoms with van der Waals surface area (Å²) in [5.74, 6) is 0.320. The highest BCUT2D eigenvalue weighted by Crippen LogP contribution is 2.31. The minimum absolute atomic E-state index is 0.256. The van der Waals surface area contributed by atoms with Crippen LogP contribution in [0.15, 0.2) is 28.7 Å². The molecule has 0 saturated heterocycles. The lowest BCUT2D eigenvalue weighted by molar-refractivity contribution is 0.0738. The van der Waals surface area contributed by atoms with Crippen LogP contribution in [0.5, 0.6) is 5.75 Å². The molecule has 0 unspecified atom stereocenters. The van der Waals surface area contributed by atoms with Gasteiger partial charge in [-0.1, -0.05) is 6.07 Å². The van der Waals surface area contributed by atoms with E-state index in [0.717, 1.165) is 22.9 Å². The first-order valence-electron chi connectivity index (χ1n) is 6.73. The number of aryl methyl sites for hydroxylation is 3. The molecular formula is C16H15BrO2S. The van der Waals surface area contributed by atoms with Gasteiger partial charge in [0, 0.05) is 4.88 Å². The van der Waals surface area contributed by atoms with E-state index in [0.29, 0.717) is 10.6 Å². The Morgan fingerprint density at radius 3 is 2.80 bits per heavy atom. The largest absolute Gasteiger partial charge is 0.421 e. The fourth-order valence-corrected chi connectivity index (χ4v) is 4.13. The van der Waals surface area contributed by atoms with Gasteiger partial charge >= 0.3 is 5.97 Å². The normalized spacial score (nSPS) is 13.9. The van der Waals surface area contributed by atoms with Gasteiger partial charge in [0.1, 0.15) is 10.6 Å². The van der Waals surface area contributed by atoms with Gasteiger partial charge in [-0.3, -0.25) is 0 Å². The molecule has 1 aromatic heterocycles. The third kappa shape index (κ3) is 2.81. The number of hydrogen-bond donors (Lipinski definition) is 0. The van der Waals surface area contributed by atoms with Gasteiger partial charge < -0.3 is 4.74 Å². The predicted molar refractivity (Wildman–Crippen MR) is 84.8 cm³/mol. The van der Waals surface area contributed by atoms with Gasteiger partial charge in [-0.15, -0.1) is 11.3 Å². The molecule has 0 N–H and O–H groups in total. The predicted octanol–water partition coefficient (Wildman–Crippen LogP) is 4.92. The summed E-state index contributed by atoms with van der Waals surface area (Å²) in [7, 11) is 0. The lowest BCUT2D eigenvalue weighted by Crippen LogP contribution is -2.06. The van der Waals surface area contributed by atoms with E-state index < -0.39 is 0 Å². The number of carbonyl (C=O) groups excluding carboxylic acids is 1. The van der Waals surface area contributed by atoms with Gasteiger partial charge in [-0.2, -0.15) is 0 Å². The van der Waals surface area contributed by atoms with Crippen LogP contribution in [0.25, 0.3) is 0 Å².